The summed E-state index contributed by atoms with van der Waals surface area (Å²) >= 11 is 0. The van der Waals surface area contributed by atoms with Crippen LogP contribution in [0.3, 0.4) is 0 Å². The summed E-state index contributed by atoms with van der Waals surface area (Å²) in [4.78, 5) is 12.5. The van der Waals surface area contributed by atoms with Crippen molar-refractivity contribution in [3.8, 4) is 5.75 Å². The molecule has 0 saturated heterocycles. The first kappa shape index (κ1) is 18.2. The number of rotatable bonds is 4. The number of aromatic hydroxyl groups is 1. The van der Waals surface area contributed by atoms with Crippen molar-refractivity contribution in [3.63, 3.8) is 0 Å². The number of phenolic OH excluding ortho intramolecular Hbond substituents is 1. The Morgan fingerprint density at radius 2 is 2.27 bits per heavy atom. The van der Waals surface area contributed by atoms with Gasteiger partial charge >= 0.3 is 0 Å². The van der Waals surface area contributed by atoms with Crippen LogP contribution in [0.25, 0.3) is 0 Å². The van der Waals surface area contributed by atoms with Gasteiger partial charge in [-0.25, -0.2) is 5.43 Å². The molecular formula is C20H26N4O2. The van der Waals surface area contributed by atoms with E-state index in [0.29, 0.717) is 17.2 Å². The molecule has 0 spiro atoms. The van der Waals surface area contributed by atoms with Crippen molar-refractivity contribution >= 4 is 12.1 Å². The quantitative estimate of drug-likeness (QED) is 0.580. The van der Waals surface area contributed by atoms with Crippen LogP contribution in [-0.4, -0.2) is 27.4 Å². The topological polar surface area (TPSA) is 90.4 Å². The number of carbonyl (C=O) groups is 1. The van der Waals surface area contributed by atoms with Crippen LogP contribution < -0.4 is 5.43 Å². The van der Waals surface area contributed by atoms with Gasteiger partial charge in [-0.05, 0) is 54.7 Å². The van der Waals surface area contributed by atoms with Crippen molar-refractivity contribution in [1.82, 2.24) is 15.6 Å². The van der Waals surface area contributed by atoms with E-state index in [1.807, 2.05) is 0 Å². The zero-order valence-corrected chi connectivity index (χ0v) is 15.5. The van der Waals surface area contributed by atoms with Crippen molar-refractivity contribution < 1.29 is 9.90 Å². The number of nitrogens with zero attached hydrogens (tertiary/aromatic N) is 2. The number of H-pyrrole nitrogens is 1. The number of hydrogen-bond acceptors (Lipinski definition) is 4. The minimum atomic E-state index is -0.310. The van der Waals surface area contributed by atoms with Gasteiger partial charge in [0.1, 0.15) is 5.75 Å². The lowest BCUT2D eigenvalue weighted by molar-refractivity contribution is 0.0948. The number of amides is 1. The van der Waals surface area contributed by atoms with Crippen molar-refractivity contribution in [2.75, 3.05) is 0 Å². The lowest BCUT2D eigenvalue weighted by Gasteiger charge is -2.28. The molecule has 0 saturated carbocycles. The molecule has 0 radical (unpaired) electrons. The Bertz CT molecular complexity index is 817. The summed E-state index contributed by atoms with van der Waals surface area (Å²) in [5, 5.41) is 20.7. The van der Waals surface area contributed by atoms with E-state index in [9.17, 15) is 9.90 Å². The Hall–Kier alpha value is -2.63. The Kier molecular flexibility index (Phi) is 5.11. The first-order valence-corrected chi connectivity index (χ1v) is 9.00. The van der Waals surface area contributed by atoms with Gasteiger partial charge in [0.25, 0.3) is 5.91 Å². The van der Waals surface area contributed by atoms with Crippen molar-refractivity contribution in [2.24, 2.45) is 16.4 Å². The average Bonchev–Trinajstić information content (AvgIpc) is 2.96. The van der Waals surface area contributed by atoms with Crippen LogP contribution in [0.15, 0.2) is 29.4 Å². The second-order valence-corrected chi connectivity index (χ2v) is 8.20. The molecule has 1 amide bonds. The average molecular weight is 354 g/mol. The molecule has 0 fully saturated rings. The summed E-state index contributed by atoms with van der Waals surface area (Å²) in [6.45, 7) is 6.75. The van der Waals surface area contributed by atoms with Crippen molar-refractivity contribution in [2.45, 2.75) is 46.5 Å². The van der Waals surface area contributed by atoms with E-state index in [-0.39, 0.29) is 17.1 Å². The predicted molar refractivity (Wildman–Crippen MR) is 101 cm³/mol. The highest BCUT2D eigenvalue weighted by Crippen LogP contribution is 2.34. The van der Waals surface area contributed by atoms with E-state index in [0.717, 1.165) is 36.9 Å². The molecule has 2 aromatic rings. The zero-order valence-electron chi connectivity index (χ0n) is 15.5. The molecule has 1 atom stereocenters. The van der Waals surface area contributed by atoms with Crippen LogP contribution in [0.2, 0.25) is 0 Å². The molecule has 3 rings (SSSR count). The maximum absolute atomic E-state index is 12.5. The van der Waals surface area contributed by atoms with E-state index in [1.54, 1.807) is 24.3 Å². The minimum absolute atomic E-state index is 0.159. The molecule has 26 heavy (non-hydrogen) atoms. The highest BCUT2D eigenvalue weighted by molar-refractivity contribution is 5.94. The number of phenols is 1. The number of hydrogen-bond donors (Lipinski definition) is 3. The molecule has 1 aliphatic rings. The lowest BCUT2D eigenvalue weighted by Crippen LogP contribution is -2.24. The van der Waals surface area contributed by atoms with Gasteiger partial charge in [-0.1, -0.05) is 32.9 Å². The van der Waals surface area contributed by atoms with E-state index in [4.69, 9.17) is 0 Å². The fourth-order valence-electron chi connectivity index (χ4n) is 3.62. The number of fused-ring (bicyclic) bond motifs is 1. The Morgan fingerprint density at radius 1 is 1.46 bits per heavy atom. The minimum Gasteiger partial charge on any atom is -0.508 e. The fourth-order valence-corrected chi connectivity index (χ4v) is 3.62. The van der Waals surface area contributed by atoms with E-state index in [1.165, 1.54) is 6.21 Å². The van der Waals surface area contributed by atoms with E-state index >= 15 is 0 Å². The first-order chi connectivity index (χ1) is 12.3. The summed E-state index contributed by atoms with van der Waals surface area (Å²) in [5.41, 5.74) is 6.05. The molecule has 0 unspecified atom stereocenters. The smallest absolute Gasteiger partial charge is 0.292 e. The van der Waals surface area contributed by atoms with Crippen LogP contribution in [0.4, 0.5) is 0 Å². The normalized spacial score (nSPS) is 17.3. The van der Waals surface area contributed by atoms with E-state index in [2.05, 4.69) is 41.5 Å². The standard InChI is InChI=1S/C20H26N4O2/c1-20(2,3)11-13-7-8-17-16(10-13)18(23-22-17)19(26)24-21-12-14-5-4-6-15(25)9-14/h4-6,9,12-13,25H,7-8,10-11H2,1-3H3,(H,22,23)(H,24,26)/b21-12-/t13-/m0/s1. The molecule has 6 heteroatoms. The van der Waals surface area contributed by atoms with Gasteiger partial charge in [0, 0.05) is 11.3 Å². The van der Waals surface area contributed by atoms with Crippen LogP contribution in [0.5, 0.6) is 5.75 Å². The number of nitrogens with one attached hydrogen (secondary N) is 2. The zero-order chi connectivity index (χ0) is 18.7. The number of aryl methyl sites for hydroxylation is 1. The number of benzene rings is 1. The third kappa shape index (κ3) is 4.50. The van der Waals surface area contributed by atoms with Gasteiger partial charge in [0.2, 0.25) is 0 Å². The third-order valence-corrected chi connectivity index (χ3v) is 4.61. The first-order valence-electron chi connectivity index (χ1n) is 9.00. The fraction of sp³-hybridized carbons (Fsp3) is 0.450. The molecule has 1 heterocycles. The summed E-state index contributed by atoms with van der Waals surface area (Å²) in [6.07, 6.45) is 5.57. The van der Waals surface area contributed by atoms with Crippen LogP contribution in [-0.2, 0) is 12.8 Å². The Labute approximate surface area is 153 Å². The molecular weight excluding hydrogens is 328 g/mol. The van der Waals surface area contributed by atoms with Gasteiger partial charge in [-0.2, -0.15) is 10.2 Å². The predicted octanol–water partition coefficient (Wildman–Crippen LogP) is 3.42. The van der Waals surface area contributed by atoms with Gasteiger partial charge in [-0.3, -0.25) is 9.89 Å². The SMILES string of the molecule is CC(C)(C)C[C@H]1CCc2[nH]nc(C(=O)N/N=C\c3cccc(O)c3)c2C1. The second-order valence-electron chi connectivity index (χ2n) is 8.20. The molecule has 1 aromatic heterocycles. The third-order valence-electron chi connectivity index (χ3n) is 4.61. The summed E-state index contributed by atoms with van der Waals surface area (Å²) in [6, 6.07) is 6.67. The molecule has 0 aliphatic heterocycles. The molecule has 6 nitrogen and oxygen atoms in total. The number of carbonyl (C=O) groups excluding carboxylic acids is 1. The number of hydrazone groups is 1. The van der Waals surface area contributed by atoms with Crippen molar-refractivity contribution in [1.29, 1.82) is 0 Å². The van der Waals surface area contributed by atoms with Gasteiger partial charge in [0.15, 0.2) is 5.69 Å². The summed E-state index contributed by atoms with van der Waals surface area (Å²) in [5.74, 6) is 0.421. The van der Waals surface area contributed by atoms with Crippen LogP contribution in [0.1, 0.15) is 60.9 Å². The molecule has 1 aromatic carbocycles. The molecule has 0 bridgehead atoms. The van der Waals surface area contributed by atoms with Gasteiger partial charge in [0.05, 0.1) is 6.21 Å². The van der Waals surface area contributed by atoms with Gasteiger partial charge < -0.3 is 5.11 Å². The molecule has 138 valence electrons. The molecule has 3 N–H and O–H groups in total. The van der Waals surface area contributed by atoms with Crippen molar-refractivity contribution in [3.05, 3.63) is 46.8 Å². The highest BCUT2D eigenvalue weighted by Gasteiger charge is 2.28. The Balaban J connectivity index is 1.67. The molecule has 1 aliphatic carbocycles. The monoisotopic (exact) mass is 354 g/mol. The van der Waals surface area contributed by atoms with E-state index < -0.39 is 0 Å². The number of aromatic nitrogens is 2. The highest BCUT2D eigenvalue weighted by atomic mass is 16.3. The Morgan fingerprint density at radius 3 is 3.00 bits per heavy atom. The van der Waals surface area contributed by atoms with Crippen LogP contribution >= 0.6 is 0 Å². The lowest BCUT2D eigenvalue weighted by atomic mass is 9.76. The number of aromatic amines is 1. The second kappa shape index (κ2) is 7.32. The van der Waals surface area contributed by atoms with Gasteiger partial charge in [-0.15, -0.1) is 0 Å². The maximum Gasteiger partial charge on any atom is 0.292 e. The summed E-state index contributed by atoms with van der Waals surface area (Å²) < 4.78 is 0. The maximum atomic E-state index is 12.5. The van der Waals surface area contributed by atoms with Crippen LogP contribution in [0, 0.1) is 11.3 Å². The largest absolute Gasteiger partial charge is 0.508 e. The summed E-state index contributed by atoms with van der Waals surface area (Å²) in [7, 11) is 0.